The van der Waals surface area contributed by atoms with E-state index in [0.29, 0.717) is 12.1 Å². The van der Waals surface area contributed by atoms with Gasteiger partial charge in [0.05, 0.1) is 11.1 Å². The summed E-state index contributed by atoms with van der Waals surface area (Å²) in [4.78, 5) is 16.8. The Labute approximate surface area is 159 Å². The molecule has 0 saturated carbocycles. The van der Waals surface area contributed by atoms with E-state index in [-0.39, 0.29) is 5.91 Å². The number of para-hydroxylation sites is 1. The monoisotopic (exact) mass is 374 g/mol. The normalized spacial score (nSPS) is 10.9. The molecule has 1 amide bonds. The lowest BCUT2D eigenvalue weighted by molar-refractivity contribution is 0.0952. The van der Waals surface area contributed by atoms with E-state index in [1.165, 1.54) is 5.56 Å². The van der Waals surface area contributed by atoms with Crippen molar-refractivity contribution in [3.63, 3.8) is 0 Å². The Kier molecular flexibility index (Phi) is 4.69. The number of amides is 1. The molecule has 27 heavy (non-hydrogen) atoms. The lowest BCUT2D eigenvalue weighted by Crippen LogP contribution is -2.23. The number of benzene rings is 2. The third-order valence-electron chi connectivity index (χ3n) is 4.59. The van der Waals surface area contributed by atoms with E-state index < -0.39 is 0 Å². The molecule has 0 aliphatic carbocycles. The van der Waals surface area contributed by atoms with Gasteiger partial charge in [0, 0.05) is 29.9 Å². The molecular weight excluding hydrogens is 355 g/mol. The molecule has 4 aromatic rings. The van der Waals surface area contributed by atoms with Crippen LogP contribution in [0.1, 0.15) is 21.5 Å². The number of pyridine rings is 1. The SMILES string of the molecule is Cc1ccc(CNC(=O)c2cccc3c(-c4ccncc4)n[nH]c23)cc1P. The van der Waals surface area contributed by atoms with E-state index in [1.54, 1.807) is 12.4 Å². The first kappa shape index (κ1) is 17.4. The summed E-state index contributed by atoms with van der Waals surface area (Å²) in [6.45, 7) is 2.53. The Morgan fingerprint density at radius 2 is 1.96 bits per heavy atom. The van der Waals surface area contributed by atoms with Gasteiger partial charge in [0.15, 0.2) is 0 Å². The average molecular weight is 374 g/mol. The van der Waals surface area contributed by atoms with Crippen LogP contribution in [0.3, 0.4) is 0 Å². The van der Waals surface area contributed by atoms with E-state index >= 15 is 0 Å². The van der Waals surface area contributed by atoms with Crippen molar-refractivity contribution >= 4 is 31.4 Å². The van der Waals surface area contributed by atoms with Crippen molar-refractivity contribution in [2.24, 2.45) is 0 Å². The molecule has 4 rings (SSSR count). The van der Waals surface area contributed by atoms with Crippen LogP contribution in [0.25, 0.3) is 22.2 Å². The topological polar surface area (TPSA) is 70.7 Å². The van der Waals surface area contributed by atoms with Gasteiger partial charge in [0.1, 0.15) is 5.69 Å². The van der Waals surface area contributed by atoms with Gasteiger partial charge in [-0.15, -0.1) is 9.24 Å². The van der Waals surface area contributed by atoms with Crippen molar-refractivity contribution in [1.29, 1.82) is 0 Å². The van der Waals surface area contributed by atoms with Crippen molar-refractivity contribution in [2.45, 2.75) is 13.5 Å². The van der Waals surface area contributed by atoms with E-state index in [2.05, 4.69) is 48.8 Å². The van der Waals surface area contributed by atoms with E-state index in [4.69, 9.17) is 0 Å². The molecule has 2 aromatic carbocycles. The molecule has 2 aromatic heterocycles. The summed E-state index contributed by atoms with van der Waals surface area (Å²) in [7, 11) is 2.72. The summed E-state index contributed by atoms with van der Waals surface area (Å²) in [5.41, 5.74) is 5.36. The number of carbonyl (C=O) groups is 1. The van der Waals surface area contributed by atoms with Gasteiger partial charge in [0.25, 0.3) is 5.91 Å². The highest BCUT2D eigenvalue weighted by atomic mass is 31.0. The van der Waals surface area contributed by atoms with Crippen molar-refractivity contribution in [3.05, 3.63) is 77.6 Å². The van der Waals surface area contributed by atoms with Crippen LogP contribution in [0.4, 0.5) is 0 Å². The van der Waals surface area contributed by atoms with Crippen LogP contribution >= 0.6 is 9.24 Å². The largest absolute Gasteiger partial charge is 0.348 e. The first-order chi connectivity index (χ1) is 13.1. The second kappa shape index (κ2) is 7.29. The van der Waals surface area contributed by atoms with Crippen LogP contribution < -0.4 is 10.6 Å². The molecule has 6 heteroatoms. The lowest BCUT2D eigenvalue weighted by atomic mass is 10.1. The van der Waals surface area contributed by atoms with Crippen LogP contribution in [-0.4, -0.2) is 21.1 Å². The van der Waals surface area contributed by atoms with E-state index in [9.17, 15) is 4.79 Å². The quantitative estimate of drug-likeness (QED) is 0.538. The predicted octanol–water partition coefficient (Wildman–Crippen LogP) is 3.36. The van der Waals surface area contributed by atoms with Crippen LogP contribution in [0, 0.1) is 6.92 Å². The Morgan fingerprint density at radius 3 is 2.74 bits per heavy atom. The first-order valence-corrected chi connectivity index (χ1v) is 9.22. The van der Waals surface area contributed by atoms with Gasteiger partial charge in [-0.05, 0) is 47.6 Å². The second-order valence-corrected chi connectivity index (χ2v) is 7.03. The zero-order valence-electron chi connectivity index (χ0n) is 14.9. The Hall–Kier alpha value is -3.04. The summed E-state index contributed by atoms with van der Waals surface area (Å²) in [6, 6.07) is 15.6. The number of aromatic amines is 1. The summed E-state index contributed by atoms with van der Waals surface area (Å²) < 4.78 is 0. The highest BCUT2D eigenvalue weighted by Crippen LogP contribution is 2.27. The van der Waals surface area contributed by atoms with Gasteiger partial charge in [0.2, 0.25) is 0 Å². The number of hydrogen-bond donors (Lipinski definition) is 2. The minimum absolute atomic E-state index is 0.128. The fourth-order valence-electron chi connectivity index (χ4n) is 3.04. The average Bonchev–Trinajstić information content (AvgIpc) is 3.13. The Bertz CT molecular complexity index is 1120. The fraction of sp³-hybridized carbons (Fsp3) is 0.0952. The number of nitrogens with one attached hydrogen (secondary N) is 2. The summed E-state index contributed by atoms with van der Waals surface area (Å²) >= 11 is 0. The van der Waals surface area contributed by atoms with Gasteiger partial charge in [-0.3, -0.25) is 14.9 Å². The maximum Gasteiger partial charge on any atom is 0.253 e. The van der Waals surface area contributed by atoms with Gasteiger partial charge < -0.3 is 5.32 Å². The van der Waals surface area contributed by atoms with Crippen molar-refractivity contribution < 1.29 is 4.79 Å². The number of rotatable bonds is 4. The maximum atomic E-state index is 12.8. The lowest BCUT2D eigenvalue weighted by Gasteiger charge is -2.08. The van der Waals surface area contributed by atoms with Crippen LogP contribution in [0.5, 0.6) is 0 Å². The number of aryl methyl sites for hydroxylation is 1. The molecule has 134 valence electrons. The van der Waals surface area contributed by atoms with E-state index in [0.717, 1.165) is 33.0 Å². The first-order valence-electron chi connectivity index (χ1n) is 8.64. The summed E-state index contributed by atoms with van der Waals surface area (Å²) in [5, 5.41) is 12.5. The number of hydrogen-bond acceptors (Lipinski definition) is 3. The fourth-order valence-corrected chi connectivity index (χ4v) is 3.35. The highest BCUT2D eigenvalue weighted by Gasteiger charge is 2.15. The molecule has 0 aliphatic rings. The van der Waals surface area contributed by atoms with Crippen LogP contribution in [-0.2, 0) is 6.54 Å². The standard InChI is InChI=1S/C21H19N4OP/c1-13-5-6-14(11-18(13)27)12-23-21(26)17-4-2-3-16-19(24-25-20(16)17)15-7-9-22-10-8-15/h2-11H,12,27H2,1H3,(H,23,26)(H,24,25). The number of fused-ring (bicyclic) bond motifs is 1. The molecular formula is C21H19N4OP. The van der Waals surface area contributed by atoms with Gasteiger partial charge in [-0.2, -0.15) is 5.10 Å². The number of aromatic nitrogens is 3. The molecule has 0 fully saturated rings. The van der Waals surface area contributed by atoms with Crippen molar-refractivity contribution in [2.75, 3.05) is 0 Å². The molecule has 2 heterocycles. The molecule has 0 aliphatic heterocycles. The highest BCUT2D eigenvalue weighted by molar-refractivity contribution is 7.27. The predicted molar refractivity (Wildman–Crippen MR) is 111 cm³/mol. The minimum Gasteiger partial charge on any atom is -0.348 e. The number of nitrogens with zero attached hydrogens (tertiary/aromatic N) is 2. The molecule has 5 nitrogen and oxygen atoms in total. The Morgan fingerprint density at radius 1 is 1.15 bits per heavy atom. The zero-order chi connectivity index (χ0) is 18.8. The molecule has 0 radical (unpaired) electrons. The smallest absolute Gasteiger partial charge is 0.253 e. The van der Waals surface area contributed by atoms with Gasteiger partial charge >= 0.3 is 0 Å². The van der Waals surface area contributed by atoms with Crippen LogP contribution in [0.2, 0.25) is 0 Å². The molecule has 0 bridgehead atoms. The number of H-pyrrole nitrogens is 1. The molecule has 1 unspecified atom stereocenters. The molecule has 0 saturated heterocycles. The van der Waals surface area contributed by atoms with Crippen molar-refractivity contribution in [3.8, 4) is 11.3 Å². The molecule has 1 atom stereocenters. The summed E-state index contributed by atoms with van der Waals surface area (Å²) in [6.07, 6.45) is 3.46. The maximum absolute atomic E-state index is 12.8. The second-order valence-electron chi connectivity index (χ2n) is 6.41. The van der Waals surface area contributed by atoms with Crippen molar-refractivity contribution in [1.82, 2.24) is 20.5 Å². The Balaban J connectivity index is 1.61. The zero-order valence-corrected chi connectivity index (χ0v) is 16.0. The van der Waals surface area contributed by atoms with Crippen LogP contribution in [0.15, 0.2) is 60.9 Å². The van der Waals surface area contributed by atoms with Gasteiger partial charge in [-0.1, -0.05) is 24.3 Å². The van der Waals surface area contributed by atoms with E-state index in [1.807, 2.05) is 36.4 Å². The minimum atomic E-state index is -0.128. The third-order valence-corrected chi connectivity index (χ3v) is 5.22. The summed E-state index contributed by atoms with van der Waals surface area (Å²) in [5.74, 6) is -0.128. The molecule has 2 N–H and O–H groups in total. The third kappa shape index (κ3) is 3.46. The van der Waals surface area contributed by atoms with Gasteiger partial charge in [-0.25, -0.2) is 0 Å². The molecule has 0 spiro atoms. The number of carbonyl (C=O) groups excluding carboxylic acids is 1.